The highest BCUT2D eigenvalue weighted by Gasteiger charge is 2.38. The number of halogens is 1. The Morgan fingerprint density at radius 3 is 1.84 bits per heavy atom. The van der Waals surface area contributed by atoms with Crippen LogP contribution in [0.5, 0.6) is 0 Å². The van der Waals surface area contributed by atoms with Gasteiger partial charge in [-0.15, -0.1) is 0 Å². The Hall–Kier alpha value is -5.55. The predicted molar refractivity (Wildman–Crippen MR) is 171 cm³/mol. The summed E-state index contributed by atoms with van der Waals surface area (Å²) in [4.78, 5) is 43.2. The van der Waals surface area contributed by atoms with E-state index in [-0.39, 0.29) is 32.4 Å². The number of aryl methyl sites for hydroxylation is 1. The molecule has 10 nitrogen and oxygen atoms in total. The lowest BCUT2D eigenvalue weighted by Gasteiger charge is -2.11. The highest BCUT2D eigenvalue weighted by Crippen LogP contribution is 2.48. The second-order valence-electron chi connectivity index (χ2n) is 10.2. The molecule has 216 valence electrons. The molecule has 0 N–H and O–H groups in total. The van der Waals surface area contributed by atoms with E-state index in [4.69, 9.17) is 0 Å². The lowest BCUT2D eigenvalue weighted by molar-refractivity contribution is -0.393. The average Bonchev–Trinajstić information content (AvgIpc) is 3.31. The maximum Gasteiger partial charge on any atom is 0.284 e. The number of hydrogen-bond acceptors (Lipinski definition) is 7. The minimum atomic E-state index is -0.846. The molecule has 0 bridgehead atoms. The number of nitro benzene ring substituents is 3. The van der Waals surface area contributed by atoms with Crippen molar-refractivity contribution in [3.05, 3.63) is 143 Å². The summed E-state index contributed by atoms with van der Waals surface area (Å²) < 4.78 is 0.121. The summed E-state index contributed by atoms with van der Waals surface area (Å²) in [5.74, 6) is -0.740. The molecule has 0 saturated heterocycles. The Bertz CT molecular complexity index is 2240. The molecular weight excluding hydrogens is 630 g/mol. The van der Waals surface area contributed by atoms with Gasteiger partial charge in [-0.05, 0) is 60.2 Å². The monoisotopic (exact) mass is 649 g/mol. The van der Waals surface area contributed by atoms with Crippen LogP contribution in [0.25, 0.3) is 43.4 Å². The van der Waals surface area contributed by atoms with Gasteiger partial charge in [-0.2, -0.15) is 0 Å². The highest BCUT2D eigenvalue weighted by atomic mass is 79.9. The molecule has 0 amide bonds. The number of nitro groups is 3. The van der Waals surface area contributed by atoms with E-state index >= 15 is 0 Å². The number of ketones is 1. The predicted octanol–water partition coefficient (Wildman–Crippen LogP) is 9.09. The van der Waals surface area contributed by atoms with Crippen molar-refractivity contribution in [3.8, 4) is 11.1 Å². The molecule has 1 aliphatic carbocycles. The summed E-state index contributed by atoms with van der Waals surface area (Å²) in [6, 6.07) is 28.1. The topological polar surface area (TPSA) is 146 Å². The summed E-state index contributed by atoms with van der Waals surface area (Å²) in [5, 5.41) is 41.3. The second-order valence-corrected chi connectivity index (χ2v) is 11.0. The number of carbonyl (C=O) groups is 1. The van der Waals surface area contributed by atoms with Crippen molar-refractivity contribution in [3.63, 3.8) is 0 Å². The third-order valence-corrected chi connectivity index (χ3v) is 8.38. The SMILES string of the molecule is CCc1cccc2ccc3ccc4ccccc4c3c12.O=C1c2cc([N+](=O)[O-])cc(Br)c2-c2c1cc([N+](=O)[O-])cc2[N+](=O)[O-]. The van der Waals surface area contributed by atoms with Crippen molar-refractivity contribution < 1.29 is 19.6 Å². The molecule has 0 spiro atoms. The summed E-state index contributed by atoms with van der Waals surface area (Å²) in [6.07, 6.45) is 1.07. The molecule has 0 aromatic heterocycles. The minimum Gasteiger partial charge on any atom is -0.289 e. The zero-order chi connectivity index (χ0) is 31.3. The molecule has 6 aromatic rings. The normalized spacial score (nSPS) is 11.6. The van der Waals surface area contributed by atoms with Gasteiger partial charge >= 0.3 is 0 Å². The van der Waals surface area contributed by atoms with Gasteiger partial charge in [0.1, 0.15) is 0 Å². The van der Waals surface area contributed by atoms with Crippen LogP contribution in [0, 0.1) is 30.3 Å². The van der Waals surface area contributed by atoms with E-state index in [2.05, 4.69) is 89.6 Å². The minimum absolute atomic E-state index is 0.0904. The van der Waals surface area contributed by atoms with Crippen molar-refractivity contribution >= 4 is 71.1 Å². The highest BCUT2D eigenvalue weighted by molar-refractivity contribution is 9.10. The Labute approximate surface area is 257 Å². The maximum absolute atomic E-state index is 12.5. The Kier molecular flexibility index (Phi) is 7.10. The van der Waals surface area contributed by atoms with Gasteiger partial charge in [-0.3, -0.25) is 35.1 Å². The molecule has 6 aromatic carbocycles. The molecule has 11 heteroatoms. The maximum atomic E-state index is 12.5. The van der Waals surface area contributed by atoms with Crippen LogP contribution in [0.4, 0.5) is 17.1 Å². The Balaban J connectivity index is 0.000000158. The third kappa shape index (κ3) is 4.63. The first kappa shape index (κ1) is 28.6. The van der Waals surface area contributed by atoms with Gasteiger partial charge in [0.15, 0.2) is 5.78 Å². The van der Waals surface area contributed by atoms with E-state index in [0.717, 1.165) is 30.7 Å². The number of non-ortho nitro benzene ring substituents is 2. The fourth-order valence-corrected chi connectivity index (χ4v) is 6.47. The lowest BCUT2D eigenvalue weighted by Crippen LogP contribution is -2.00. The number of fused-ring (bicyclic) bond motifs is 8. The van der Waals surface area contributed by atoms with Crippen LogP contribution in [0.3, 0.4) is 0 Å². The first-order valence-corrected chi connectivity index (χ1v) is 14.2. The number of rotatable bonds is 4. The molecule has 0 saturated carbocycles. The molecule has 44 heavy (non-hydrogen) atoms. The average molecular weight is 650 g/mol. The molecule has 0 aliphatic heterocycles. The Morgan fingerprint density at radius 1 is 0.636 bits per heavy atom. The molecule has 1 aliphatic rings. The lowest BCUT2D eigenvalue weighted by atomic mass is 9.93. The standard InChI is InChI=1S/C20H16.C13H4BrN3O7/c1-2-14-7-5-8-16-12-13-17-11-10-15-6-3-4-9-18(15)20(17)19(14)16;14-9-3-5(15(19)20)1-7-11(9)12-8(13(7)18)2-6(16(21)22)4-10(12)17(23)24/h3-13H,2H2,1H3;1-4H. The quantitative estimate of drug-likeness (QED) is 0.105. The van der Waals surface area contributed by atoms with Crippen molar-refractivity contribution in [1.82, 2.24) is 0 Å². The van der Waals surface area contributed by atoms with Gasteiger partial charge in [-0.1, -0.05) is 73.7 Å². The molecule has 0 radical (unpaired) electrons. The van der Waals surface area contributed by atoms with Crippen molar-refractivity contribution in [2.45, 2.75) is 13.3 Å². The third-order valence-electron chi connectivity index (χ3n) is 7.75. The zero-order valence-corrected chi connectivity index (χ0v) is 24.5. The van der Waals surface area contributed by atoms with Gasteiger partial charge in [0.2, 0.25) is 0 Å². The summed E-state index contributed by atoms with van der Waals surface area (Å²) >= 11 is 3.08. The Morgan fingerprint density at radius 2 is 1.20 bits per heavy atom. The fraction of sp³-hybridized carbons (Fsp3) is 0.0606. The molecule has 7 rings (SSSR count). The summed E-state index contributed by atoms with van der Waals surface area (Å²) in [5.41, 5.74) is -0.479. The largest absolute Gasteiger partial charge is 0.289 e. The number of benzene rings is 6. The van der Waals surface area contributed by atoms with Gasteiger partial charge < -0.3 is 0 Å². The van der Waals surface area contributed by atoms with E-state index in [9.17, 15) is 35.1 Å². The van der Waals surface area contributed by atoms with Crippen LogP contribution in [0.2, 0.25) is 0 Å². The van der Waals surface area contributed by atoms with E-state index in [0.29, 0.717) is 0 Å². The fourth-order valence-electron chi connectivity index (χ4n) is 5.82. The van der Waals surface area contributed by atoms with E-state index in [1.54, 1.807) is 0 Å². The summed E-state index contributed by atoms with van der Waals surface area (Å²) in [6.45, 7) is 2.23. The van der Waals surface area contributed by atoms with Crippen LogP contribution in [-0.4, -0.2) is 20.6 Å². The van der Waals surface area contributed by atoms with Crippen LogP contribution in [0.15, 0.2) is 95.5 Å². The van der Waals surface area contributed by atoms with E-state index in [1.165, 1.54) is 37.9 Å². The van der Waals surface area contributed by atoms with E-state index < -0.39 is 31.9 Å². The van der Waals surface area contributed by atoms with Crippen molar-refractivity contribution in [2.75, 3.05) is 0 Å². The smallest absolute Gasteiger partial charge is 0.284 e. The zero-order valence-electron chi connectivity index (χ0n) is 22.9. The van der Waals surface area contributed by atoms with E-state index in [1.807, 2.05) is 0 Å². The number of carbonyl (C=O) groups excluding carboxylic acids is 1. The van der Waals surface area contributed by atoms with Crippen LogP contribution < -0.4 is 0 Å². The molecule has 0 unspecified atom stereocenters. The first-order valence-electron chi connectivity index (χ1n) is 13.4. The second kappa shape index (κ2) is 10.9. The van der Waals surface area contributed by atoms with Gasteiger partial charge in [0.05, 0.1) is 26.4 Å². The summed E-state index contributed by atoms with van der Waals surface area (Å²) in [7, 11) is 0. The van der Waals surface area contributed by atoms with Gasteiger partial charge in [0.25, 0.3) is 17.1 Å². The van der Waals surface area contributed by atoms with Crippen LogP contribution in [-0.2, 0) is 6.42 Å². The van der Waals surface area contributed by atoms with Gasteiger partial charge in [-0.25, -0.2) is 0 Å². The van der Waals surface area contributed by atoms with Crippen molar-refractivity contribution in [1.29, 1.82) is 0 Å². The van der Waals surface area contributed by atoms with Crippen LogP contribution in [0.1, 0.15) is 28.4 Å². The number of nitrogens with zero attached hydrogens (tertiary/aromatic N) is 3. The molecule has 0 heterocycles. The van der Waals surface area contributed by atoms with Gasteiger partial charge in [0, 0.05) is 39.4 Å². The molecular formula is C33H20BrN3O7. The molecule has 0 atom stereocenters. The molecule has 0 fully saturated rings. The first-order chi connectivity index (χ1) is 21.1. The van der Waals surface area contributed by atoms with Crippen LogP contribution >= 0.6 is 15.9 Å². The van der Waals surface area contributed by atoms with Crippen molar-refractivity contribution in [2.24, 2.45) is 0 Å². The number of hydrogen-bond donors (Lipinski definition) is 0.